The fourth-order valence-corrected chi connectivity index (χ4v) is 2.19. The zero-order chi connectivity index (χ0) is 11.3. The van der Waals surface area contributed by atoms with Gasteiger partial charge in [0.1, 0.15) is 0 Å². The van der Waals surface area contributed by atoms with Gasteiger partial charge in [0.05, 0.1) is 12.0 Å². The van der Waals surface area contributed by atoms with Crippen LogP contribution in [-0.4, -0.2) is 34.6 Å². The second kappa shape index (κ2) is 5.50. The van der Waals surface area contributed by atoms with Gasteiger partial charge in [-0.3, -0.25) is 4.79 Å². The molecule has 1 amide bonds. The number of amides is 1. The summed E-state index contributed by atoms with van der Waals surface area (Å²) in [7, 11) is 0. The summed E-state index contributed by atoms with van der Waals surface area (Å²) in [6, 6.07) is 0. The molecule has 1 saturated heterocycles. The van der Waals surface area contributed by atoms with E-state index in [4.69, 9.17) is 0 Å². The highest BCUT2D eigenvalue weighted by Gasteiger charge is 2.31. The molecule has 1 heterocycles. The lowest BCUT2D eigenvalue weighted by atomic mass is 9.88. The van der Waals surface area contributed by atoms with E-state index < -0.39 is 5.60 Å². The Hall–Kier alpha value is -0.570. The van der Waals surface area contributed by atoms with E-state index in [9.17, 15) is 9.90 Å². The van der Waals surface area contributed by atoms with Crippen LogP contribution in [0.2, 0.25) is 0 Å². The van der Waals surface area contributed by atoms with Gasteiger partial charge in [-0.1, -0.05) is 26.7 Å². The molecule has 0 atom stereocenters. The molecular formula is C12H23NO2. The Morgan fingerprint density at radius 3 is 2.13 bits per heavy atom. The Morgan fingerprint density at radius 1 is 1.27 bits per heavy atom. The van der Waals surface area contributed by atoms with E-state index in [1.165, 1.54) is 0 Å². The molecule has 88 valence electrons. The minimum atomic E-state index is -0.754. The molecule has 1 fully saturated rings. The van der Waals surface area contributed by atoms with Crippen LogP contribution in [0.5, 0.6) is 0 Å². The Labute approximate surface area is 92.5 Å². The molecule has 0 spiro atoms. The molecule has 1 aliphatic heterocycles. The fraction of sp³-hybridized carbons (Fsp3) is 0.917. The summed E-state index contributed by atoms with van der Waals surface area (Å²) in [5.41, 5.74) is -0.754. The van der Waals surface area contributed by atoms with Crippen LogP contribution in [0.25, 0.3) is 0 Å². The Morgan fingerprint density at radius 2 is 1.80 bits per heavy atom. The third kappa shape index (κ3) is 3.49. The second-order valence-corrected chi connectivity index (χ2v) is 4.64. The van der Waals surface area contributed by atoms with Crippen LogP contribution in [0.1, 0.15) is 52.4 Å². The quantitative estimate of drug-likeness (QED) is 0.732. The second-order valence-electron chi connectivity index (χ2n) is 4.64. The van der Waals surface area contributed by atoms with Gasteiger partial charge in [-0.05, 0) is 19.3 Å². The first-order valence-corrected chi connectivity index (χ1v) is 6.11. The van der Waals surface area contributed by atoms with E-state index in [2.05, 4.69) is 13.8 Å². The van der Waals surface area contributed by atoms with Crippen molar-refractivity contribution in [1.82, 2.24) is 4.90 Å². The van der Waals surface area contributed by atoms with Crippen molar-refractivity contribution in [1.29, 1.82) is 0 Å². The van der Waals surface area contributed by atoms with Gasteiger partial charge in [-0.2, -0.15) is 0 Å². The Bertz CT molecular complexity index is 206. The molecule has 0 bridgehead atoms. The summed E-state index contributed by atoms with van der Waals surface area (Å²) in [6.45, 7) is 5.86. The number of carbonyl (C=O) groups is 1. The summed E-state index contributed by atoms with van der Waals surface area (Å²) in [6.07, 6.45) is 4.77. The Balaban J connectivity index is 2.44. The lowest BCUT2D eigenvalue weighted by Crippen LogP contribution is -2.46. The van der Waals surface area contributed by atoms with Crippen molar-refractivity contribution in [2.45, 2.75) is 58.0 Å². The van der Waals surface area contributed by atoms with Crippen molar-refractivity contribution in [3.63, 3.8) is 0 Å². The number of rotatable bonds is 6. The normalized spacial score (nSPS) is 16.3. The number of carbonyl (C=O) groups excluding carboxylic acids is 1. The highest BCUT2D eigenvalue weighted by atomic mass is 16.3. The van der Waals surface area contributed by atoms with Crippen LogP contribution in [0.4, 0.5) is 0 Å². The van der Waals surface area contributed by atoms with Gasteiger partial charge in [0.15, 0.2) is 0 Å². The number of hydrogen-bond acceptors (Lipinski definition) is 2. The molecule has 1 rings (SSSR count). The molecule has 0 unspecified atom stereocenters. The molecule has 1 N–H and O–H groups in total. The minimum Gasteiger partial charge on any atom is -0.389 e. The van der Waals surface area contributed by atoms with Crippen LogP contribution in [0.3, 0.4) is 0 Å². The third-order valence-corrected chi connectivity index (χ3v) is 3.12. The minimum absolute atomic E-state index is 0.130. The van der Waals surface area contributed by atoms with Crippen molar-refractivity contribution >= 4 is 5.91 Å². The number of nitrogens with zero attached hydrogens (tertiary/aromatic N) is 1. The monoisotopic (exact) mass is 213 g/mol. The van der Waals surface area contributed by atoms with E-state index in [0.29, 0.717) is 6.42 Å². The van der Waals surface area contributed by atoms with E-state index >= 15 is 0 Å². The van der Waals surface area contributed by atoms with Crippen molar-refractivity contribution in [2.24, 2.45) is 0 Å². The molecule has 0 aromatic heterocycles. The Kier molecular flexibility index (Phi) is 4.58. The van der Waals surface area contributed by atoms with Crippen molar-refractivity contribution in [3.8, 4) is 0 Å². The lowest BCUT2D eigenvalue weighted by molar-refractivity contribution is -0.140. The summed E-state index contributed by atoms with van der Waals surface area (Å²) < 4.78 is 0. The van der Waals surface area contributed by atoms with Gasteiger partial charge in [0, 0.05) is 13.1 Å². The molecule has 0 aromatic carbocycles. The molecule has 0 saturated carbocycles. The SMILES string of the molecule is CCCC(O)(CCC)CC(=O)N1CCC1. The molecular weight excluding hydrogens is 190 g/mol. The van der Waals surface area contributed by atoms with E-state index in [-0.39, 0.29) is 5.91 Å². The first-order chi connectivity index (χ1) is 7.11. The third-order valence-electron chi connectivity index (χ3n) is 3.12. The lowest BCUT2D eigenvalue weighted by Gasteiger charge is -2.35. The van der Waals surface area contributed by atoms with Crippen LogP contribution in [0.15, 0.2) is 0 Å². The summed E-state index contributed by atoms with van der Waals surface area (Å²) >= 11 is 0. The van der Waals surface area contributed by atoms with Crippen molar-refractivity contribution in [2.75, 3.05) is 13.1 Å². The van der Waals surface area contributed by atoms with Gasteiger partial charge in [0.25, 0.3) is 0 Å². The predicted octanol–water partition coefficient (Wildman–Crippen LogP) is 1.94. The highest BCUT2D eigenvalue weighted by molar-refractivity contribution is 5.77. The highest BCUT2D eigenvalue weighted by Crippen LogP contribution is 2.25. The zero-order valence-corrected chi connectivity index (χ0v) is 9.96. The molecule has 3 nitrogen and oxygen atoms in total. The number of hydrogen-bond donors (Lipinski definition) is 1. The first-order valence-electron chi connectivity index (χ1n) is 6.11. The fourth-order valence-electron chi connectivity index (χ4n) is 2.19. The maximum atomic E-state index is 11.8. The molecule has 0 aromatic rings. The zero-order valence-electron chi connectivity index (χ0n) is 9.96. The summed E-state index contributed by atoms with van der Waals surface area (Å²) in [4.78, 5) is 13.6. The maximum Gasteiger partial charge on any atom is 0.225 e. The average molecular weight is 213 g/mol. The molecule has 0 radical (unpaired) electrons. The van der Waals surface area contributed by atoms with Crippen LogP contribution >= 0.6 is 0 Å². The molecule has 1 aliphatic rings. The number of aliphatic hydroxyl groups is 1. The van der Waals surface area contributed by atoms with Gasteiger partial charge >= 0.3 is 0 Å². The van der Waals surface area contributed by atoms with E-state index in [0.717, 1.165) is 45.2 Å². The summed E-state index contributed by atoms with van der Waals surface area (Å²) in [5.74, 6) is 0.130. The average Bonchev–Trinajstić information content (AvgIpc) is 1.99. The van der Waals surface area contributed by atoms with Gasteiger partial charge in [-0.15, -0.1) is 0 Å². The molecule has 0 aliphatic carbocycles. The smallest absolute Gasteiger partial charge is 0.225 e. The summed E-state index contributed by atoms with van der Waals surface area (Å²) in [5, 5.41) is 10.3. The van der Waals surface area contributed by atoms with Gasteiger partial charge in [0.2, 0.25) is 5.91 Å². The molecule has 3 heteroatoms. The number of likely N-dealkylation sites (tertiary alicyclic amines) is 1. The van der Waals surface area contributed by atoms with E-state index in [1.807, 2.05) is 4.90 Å². The largest absolute Gasteiger partial charge is 0.389 e. The van der Waals surface area contributed by atoms with Crippen LogP contribution < -0.4 is 0 Å². The van der Waals surface area contributed by atoms with Gasteiger partial charge < -0.3 is 10.0 Å². The van der Waals surface area contributed by atoms with E-state index in [1.54, 1.807) is 0 Å². The van der Waals surface area contributed by atoms with Crippen LogP contribution in [-0.2, 0) is 4.79 Å². The predicted molar refractivity (Wildman–Crippen MR) is 60.6 cm³/mol. The maximum absolute atomic E-state index is 11.8. The van der Waals surface area contributed by atoms with Crippen molar-refractivity contribution in [3.05, 3.63) is 0 Å². The van der Waals surface area contributed by atoms with Gasteiger partial charge in [-0.25, -0.2) is 0 Å². The van der Waals surface area contributed by atoms with Crippen molar-refractivity contribution < 1.29 is 9.90 Å². The topological polar surface area (TPSA) is 40.5 Å². The van der Waals surface area contributed by atoms with Crippen LogP contribution in [0, 0.1) is 0 Å². The molecule has 15 heavy (non-hydrogen) atoms. The standard InChI is InChI=1S/C12H23NO2/c1-3-6-12(15,7-4-2)10-11(14)13-8-5-9-13/h15H,3-10H2,1-2H3. The first kappa shape index (κ1) is 12.5.